The minimum atomic E-state index is -0.0176. The van der Waals surface area contributed by atoms with Crippen molar-refractivity contribution in [3.05, 3.63) is 156 Å². The summed E-state index contributed by atoms with van der Waals surface area (Å²) < 4.78 is 2.50. The van der Waals surface area contributed by atoms with Gasteiger partial charge in [-0.3, -0.25) is 0 Å². The van der Waals surface area contributed by atoms with Gasteiger partial charge in [-0.15, -0.1) is 0 Å². The van der Waals surface area contributed by atoms with E-state index in [4.69, 9.17) is 0 Å². The van der Waals surface area contributed by atoms with Gasteiger partial charge in [-0.2, -0.15) is 0 Å². The van der Waals surface area contributed by atoms with Crippen molar-refractivity contribution < 1.29 is 0 Å². The van der Waals surface area contributed by atoms with E-state index in [1.807, 2.05) is 11.3 Å². The van der Waals surface area contributed by atoms with Crippen LogP contribution in [0.3, 0.4) is 0 Å². The molecule has 0 fully saturated rings. The van der Waals surface area contributed by atoms with Crippen LogP contribution < -0.4 is 26.2 Å². The van der Waals surface area contributed by atoms with Gasteiger partial charge < -0.3 is 14.4 Å². The minimum absolute atomic E-state index is 0.0176. The van der Waals surface area contributed by atoms with Crippen molar-refractivity contribution >= 4 is 89.0 Å². The number of hydrogen-bond donors (Lipinski definition) is 0. The van der Waals surface area contributed by atoms with E-state index in [-0.39, 0.29) is 23.0 Å². The highest BCUT2D eigenvalue weighted by molar-refractivity contribution is 7.26. The van der Waals surface area contributed by atoms with Crippen LogP contribution in [0.25, 0.3) is 26.8 Å². The summed E-state index contributed by atoms with van der Waals surface area (Å²) >= 11 is 1.94. The Balaban J connectivity index is 1.35. The van der Waals surface area contributed by atoms with E-state index >= 15 is 0 Å². The summed E-state index contributed by atoms with van der Waals surface area (Å²) in [5.41, 5.74) is 18.1. The van der Waals surface area contributed by atoms with Gasteiger partial charge in [0.25, 0.3) is 6.71 Å². The minimum Gasteiger partial charge on any atom is -0.311 e. The molecule has 0 bridgehead atoms. The molecule has 0 N–H and O–H groups in total. The average Bonchev–Trinajstić information content (AvgIpc) is 3.71. The fourth-order valence-electron chi connectivity index (χ4n) is 9.43. The van der Waals surface area contributed by atoms with E-state index < -0.39 is 0 Å². The number of benzene rings is 6. The topological polar surface area (TPSA) is 11.4 Å². The first-order chi connectivity index (χ1) is 27.6. The Kier molecular flexibility index (Phi) is 8.08. The third-order valence-corrected chi connectivity index (χ3v) is 13.7. The fourth-order valence-corrected chi connectivity index (χ4v) is 10.9. The Morgan fingerprint density at radius 2 is 1.02 bits per heavy atom. The number of thiophene rings is 1. The van der Waals surface area contributed by atoms with Crippen LogP contribution in [0.15, 0.2) is 133 Å². The zero-order valence-corrected chi connectivity index (χ0v) is 36.3. The molecule has 2 aliphatic heterocycles. The maximum Gasteiger partial charge on any atom is 0.254 e. The smallest absolute Gasteiger partial charge is 0.254 e. The summed E-state index contributed by atoms with van der Waals surface area (Å²) in [7, 11) is 0. The van der Waals surface area contributed by atoms with Crippen LogP contribution in [0, 0.1) is 6.92 Å². The number of aromatic nitrogens is 1. The van der Waals surface area contributed by atoms with Gasteiger partial charge in [0.15, 0.2) is 0 Å². The highest BCUT2D eigenvalue weighted by atomic mass is 32.1. The Bertz CT molecular complexity index is 2900. The van der Waals surface area contributed by atoms with Gasteiger partial charge in [-0.05, 0) is 122 Å². The van der Waals surface area contributed by atoms with E-state index in [2.05, 4.69) is 217 Å². The molecule has 0 amide bonds. The number of aryl methyl sites for hydroxylation is 1. The number of para-hydroxylation sites is 2. The van der Waals surface area contributed by atoms with Crippen LogP contribution in [-0.2, 0) is 16.2 Å². The number of anilines is 6. The van der Waals surface area contributed by atoms with Crippen LogP contribution >= 0.6 is 11.3 Å². The molecule has 8 aromatic rings. The number of hydrogen-bond acceptors (Lipinski definition) is 3. The van der Waals surface area contributed by atoms with E-state index in [1.54, 1.807) is 0 Å². The molecule has 0 atom stereocenters. The molecule has 10 rings (SSSR count). The van der Waals surface area contributed by atoms with E-state index in [0.717, 1.165) is 0 Å². The summed E-state index contributed by atoms with van der Waals surface area (Å²) in [6.07, 6.45) is 0. The SMILES string of the molecule is Cc1cc2c3c(c1)N(c1ccc(C(C)(C)C)cc1)c1sc4c(c1B3c1cc(C(C)(C)C)ccc1N2c1ccc(C(C)(C)C)cc1)c1ccccc1n4-c1ccccc1. The molecule has 0 aliphatic carbocycles. The molecule has 288 valence electrons. The van der Waals surface area contributed by atoms with Crippen molar-refractivity contribution in [3.63, 3.8) is 0 Å². The molecule has 0 spiro atoms. The van der Waals surface area contributed by atoms with E-state index in [0.29, 0.717) is 0 Å². The average molecular weight is 774 g/mol. The zero-order valence-electron chi connectivity index (χ0n) is 35.5. The quantitative estimate of drug-likeness (QED) is 0.166. The van der Waals surface area contributed by atoms with Crippen molar-refractivity contribution in [2.24, 2.45) is 0 Å². The number of nitrogens with zero attached hydrogens (tertiary/aromatic N) is 3. The summed E-state index contributed by atoms with van der Waals surface area (Å²) in [6.45, 7) is 23.1. The lowest BCUT2D eigenvalue weighted by Gasteiger charge is -2.44. The van der Waals surface area contributed by atoms with E-state index in [9.17, 15) is 0 Å². The Labute approximate surface area is 348 Å². The molecule has 6 aromatic carbocycles. The lowest BCUT2D eigenvalue weighted by Crippen LogP contribution is -2.61. The van der Waals surface area contributed by atoms with Crippen molar-refractivity contribution in [2.75, 3.05) is 9.80 Å². The molecule has 4 heterocycles. The van der Waals surface area contributed by atoms with Crippen molar-refractivity contribution in [1.29, 1.82) is 0 Å². The van der Waals surface area contributed by atoms with Gasteiger partial charge in [-0.1, -0.05) is 146 Å². The Morgan fingerprint density at radius 1 is 0.483 bits per heavy atom. The molecule has 0 saturated heterocycles. The van der Waals surface area contributed by atoms with Crippen LogP contribution in [0.5, 0.6) is 0 Å². The second kappa shape index (κ2) is 12.7. The van der Waals surface area contributed by atoms with Gasteiger partial charge in [0.2, 0.25) is 0 Å². The maximum atomic E-state index is 2.60. The summed E-state index contributed by atoms with van der Waals surface area (Å²) in [6, 6.07) is 50.9. The predicted octanol–water partition coefficient (Wildman–Crippen LogP) is 13.1. The second-order valence-electron chi connectivity index (χ2n) is 19.6. The summed E-state index contributed by atoms with van der Waals surface area (Å²) in [5, 5.41) is 3.95. The highest BCUT2D eigenvalue weighted by Gasteiger charge is 2.46. The van der Waals surface area contributed by atoms with Crippen molar-refractivity contribution in [2.45, 2.75) is 85.5 Å². The summed E-state index contributed by atoms with van der Waals surface area (Å²) in [5.74, 6) is 0. The van der Waals surface area contributed by atoms with Gasteiger partial charge in [0, 0.05) is 44.9 Å². The monoisotopic (exact) mass is 773 g/mol. The summed E-state index contributed by atoms with van der Waals surface area (Å²) in [4.78, 5) is 6.44. The molecule has 0 saturated carbocycles. The third-order valence-electron chi connectivity index (χ3n) is 12.5. The highest BCUT2D eigenvalue weighted by Crippen LogP contribution is 2.50. The lowest BCUT2D eigenvalue weighted by atomic mass is 9.33. The van der Waals surface area contributed by atoms with E-state index in [1.165, 1.54) is 98.9 Å². The second-order valence-corrected chi connectivity index (χ2v) is 20.6. The van der Waals surface area contributed by atoms with Crippen molar-refractivity contribution in [3.8, 4) is 5.69 Å². The molecule has 2 aromatic heterocycles. The Morgan fingerprint density at radius 3 is 1.62 bits per heavy atom. The first-order valence-corrected chi connectivity index (χ1v) is 21.6. The molecule has 0 radical (unpaired) electrons. The number of rotatable bonds is 3. The molecular formula is C53H52BN3S. The fraction of sp³-hybridized carbons (Fsp3) is 0.245. The largest absolute Gasteiger partial charge is 0.311 e. The van der Waals surface area contributed by atoms with Crippen molar-refractivity contribution in [1.82, 2.24) is 4.57 Å². The molecule has 3 nitrogen and oxygen atoms in total. The normalized spacial score (nSPS) is 13.9. The molecule has 5 heteroatoms. The standard InChI is InChI=1S/C53H52BN3S/c1-33-30-44-47-45(31-33)57(39-27-22-35(23-28-39)52(5,6)7)50-48(46-40-18-14-15-19-42(40)56(49(46)58-50)37-16-12-11-13-17-37)54(47)41-32-36(53(8,9)10)24-29-43(41)55(44)38-25-20-34(21-26-38)51(2,3)4/h11-32H,1-10H3. The van der Waals surface area contributed by atoms with Gasteiger partial charge in [0.05, 0.1) is 10.5 Å². The molecular weight excluding hydrogens is 721 g/mol. The first-order valence-electron chi connectivity index (χ1n) is 20.8. The van der Waals surface area contributed by atoms with Gasteiger partial charge >= 0.3 is 0 Å². The first kappa shape index (κ1) is 36.8. The Hall–Kier alpha value is -5.52. The molecule has 0 unspecified atom stereocenters. The van der Waals surface area contributed by atoms with Crippen LogP contribution in [0.1, 0.15) is 84.6 Å². The lowest BCUT2D eigenvalue weighted by molar-refractivity contribution is 0.590. The van der Waals surface area contributed by atoms with Gasteiger partial charge in [-0.25, -0.2) is 0 Å². The predicted molar refractivity (Wildman–Crippen MR) is 254 cm³/mol. The van der Waals surface area contributed by atoms with Crippen LogP contribution in [-0.4, -0.2) is 11.3 Å². The van der Waals surface area contributed by atoms with Crippen LogP contribution in [0.4, 0.5) is 33.4 Å². The number of fused-ring (bicyclic) bond motifs is 8. The van der Waals surface area contributed by atoms with Gasteiger partial charge in [0.1, 0.15) is 4.83 Å². The zero-order chi connectivity index (χ0) is 40.5. The third kappa shape index (κ3) is 5.61. The van der Waals surface area contributed by atoms with Crippen LogP contribution in [0.2, 0.25) is 0 Å². The molecule has 2 aliphatic rings. The maximum absolute atomic E-state index is 2.60. The molecule has 58 heavy (non-hydrogen) atoms.